The summed E-state index contributed by atoms with van der Waals surface area (Å²) in [6.07, 6.45) is 1.00. The maximum absolute atomic E-state index is 13.8. The molecule has 0 aromatic heterocycles. The van der Waals surface area contributed by atoms with Crippen LogP contribution in [-0.4, -0.2) is 6.54 Å². The summed E-state index contributed by atoms with van der Waals surface area (Å²) >= 11 is 3.20. The van der Waals surface area contributed by atoms with E-state index in [1.807, 2.05) is 6.07 Å². The Morgan fingerprint density at radius 1 is 1.10 bits per heavy atom. The van der Waals surface area contributed by atoms with Crippen molar-refractivity contribution < 1.29 is 4.39 Å². The number of halogens is 2. The first kappa shape index (κ1) is 15.2. The van der Waals surface area contributed by atoms with Crippen molar-refractivity contribution in [1.29, 1.82) is 0 Å². The number of benzene rings is 2. The van der Waals surface area contributed by atoms with Crippen LogP contribution in [-0.2, 0) is 6.42 Å². The lowest BCUT2D eigenvalue weighted by molar-refractivity contribution is 0.598. The van der Waals surface area contributed by atoms with Crippen molar-refractivity contribution in [2.75, 3.05) is 6.54 Å². The van der Waals surface area contributed by atoms with Gasteiger partial charge >= 0.3 is 0 Å². The van der Waals surface area contributed by atoms with Gasteiger partial charge in [-0.2, -0.15) is 0 Å². The van der Waals surface area contributed by atoms with Crippen molar-refractivity contribution in [3.05, 3.63) is 69.4 Å². The second-order valence-corrected chi connectivity index (χ2v) is 5.62. The van der Waals surface area contributed by atoms with E-state index in [1.165, 1.54) is 11.1 Å². The Morgan fingerprint density at radius 2 is 1.85 bits per heavy atom. The second kappa shape index (κ2) is 7.00. The Morgan fingerprint density at radius 3 is 2.50 bits per heavy atom. The summed E-state index contributed by atoms with van der Waals surface area (Å²) in [6, 6.07) is 13.8. The summed E-state index contributed by atoms with van der Waals surface area (Å²) in [5.41, 5.74) is 3.41. The molecule has 0 aliphatic rings. The van der Waals surface area contributed by atoms with Crippen LogP contribution in [0.2, 0.25) is 0 Å². The molecule has 2 aromatic carbocycles. The zero-order valence-electron chi connectivity index (χ0n) is 11.8. The van der Waals surface area contributed by atoms with Gasteiger partial charge in [-0.3, -0.25) is 0 Å². The van der Waals surface area contributed by atoms with Crippen LogP contribution in [0.1, 0.15) is 36.6 Å². The average molecular weight is 336 g/mol. The van der Waals surface area contributed by atoms with Crippen molar-refractivity contribution >= 4 is 15.9 Å². The number of nitrogens with one attached hydrogen (secondary N) is 1. The Kier molecular flexibility index (Phi) is 5.32. The van der Waals surface area contributed by atoms with Crippen molar-refractivity contribution in [2.24, 2.45) is 0 Å². The normalized spacial score (nSPS) is 12.4. The van der Waals surface area contributed by atoms with Gasteiger partial charge in [0.25, 0.3) is 0 Å². The fourth-order valence-corrected chi connectivity index (χ4v) is 2.56. The summed E-state index contributed by atoms with van der Waals surface area (Å²) in [6.45, 7) is 5.03. The first-order valence-corrected chi connectivity index (χ1v) is 7.72. The molecule has 0 saturated heterocycles. The number of aryl methyl sites for hydroxylation is 1. The quantitative estimate of drug-likeness (QED) is 0.823. The van der Waals surface area contributed by atoms with E-state index in [0.29, 0.717) is 4.47 Å². The molecule has 0 aliphatic carbocycles. The van der Waals surface area contributed by atoms with Crippen molar-refractivity contribution in [1.82, 2.24) is 5.32 Å². The number of hydrogen-bond donors (Lipinski definition) is 1. The van der Waals surface area contributed by atoms with Crippen LogP contribution in [0.15, 0.2) is 46.9 Å². The molecular weight excluding hydrogens is 317 g/mol. The van der Waals surface area contributed by atoms with Gasteiger partial charge < -0.3 is 5.32 Å². The first-order valence-electron chi connectivity index (χ1n) is 6.92. The summed E-state index contributed by atoms with van der Waals surface area (Å²) in [5, 5.41) is 3.43. The van der Waals surface area contributed by atoms with Crippen LogP contribution in [0.3, 0.4) is 0 Å². The maximum atomic E-state index is 13.8. The van der Waals surface area contributed by atoms with Crippen molar-refractivity contribution in [3.8, 4) is 0 Å². The molecule has 0 heterocycles. The summed E-state index contributed by atoms with van der Waals surface area (Å²) in [7, 11) is 0. The third-order valence-electron chi connectivity index (χ3n) is 3.38. The highest BCUT2D eigenvalue weighted by Crippen LogP contribution is 2.26. The van der Waals surface area contributed by atoms with Crippen LogP contribution in [0.4, 0.5) is 4.39 Å². The van der Waals surface area contributed by atoms with Gasteiger partial charge in [0, 0.05) is 0 Å². The first-order chi connectivity index (χ1) is 9.65. The summed E-state index contributed by atoms with van der Waals surface area (Å²) in [5.74, 6) is -0.225. The van der Waals surface area contributed by atoms with E-state index in [4.69, 9.17) is 0 Å². The summed E-state index contributed by atoms with van der Waals surface area (Å²) < 4.78 is 14.3. The molecule has 1 atom stereocenters. The molecule has 0 bridgehead atoms. The van der Waals surface area contributed by atoms with E-state index >= 15 is 0 Å². The molecular formula is C17H19BrFN. The lowest BCUT2D eigenvalue weighted by Crippen LogP contribution is -2.22. The molecule has 1 N–H and O–H groups in total. The van der Waals surface area contributed by atoms with E-state index in [-0.39, 0.29) is 11.9 Å². The number of rotatable bonds is 5. The third kappa shape index (κ3) is 3.47. The predicted octanol–water partition coefficient (Wildman–Crippen LogP) is 4.85. The zero-order chi connectivity index (χ0) is 14.5. The van der Waals surface area contributed by atoms with Crippen LogP contribution in [0.25, 0.3) is 0 Å². The minimum atomic E-state index is -0.225. The van der Waals surface area contributed by atoms with E-state index in [1.54, 1.807) is 12.1 Å². The van der Waals surface area contributed by atoms with E-state index in [9.17, 15) is 4.39 Å². The highest BCUT2D eigenvalue weighted by Gasteiger charge is 2.14. The predicted molar refractivity (Wildman–Crippen MR) is 85.4 cm³/mol. The average Bonchev–Trinajstić information content (AvgIpc) is 2.48. The Hall–Kier alpha value is -1.19. The molecule has 1 nitrogen and oxygen atoms in total. The van der Waals surface area contributed by atoms with Crippen LogP contribution < -0.4 is 5.32 Å². The van der Waals surface area contributed by atoms with Gasteiger partial charge in [-0.25, -0.2) is 4.39 Å². The molecule has 0 aliphatic heterocycles. The fraction of sp³-hybridized carbons (Fsp3) is 0.294. The third-order valence-corrected chi connectivity index (χ3v) is 4.02. The second-order valence-electron chi connectivity index (χ2n) is 4.76. The molecule has 0 fully saturated rings. The Labute approximate surface area is 128 Å². The largest absolute Gasteiger partial charge is 0.307 e. The highest BCUT2D eigenvalue weighted by molar-refractivity contribution is 9.10. The lowest BCUT2D eigenvalue weighted by atomic mass is 9.96. The number of hydrogen-bond acceptors (Lipinski definition) is 1. The van der Waals surface area contributed by atoms with Gasteiger partial charge in [0.05, 0.1) is 10.5 Å². The fourth-order valence-electron chi connectivity index (χ4n) is 2.32. The van der Waals surface area contributed by atoms with E-state index in [0.717, 1.165) is 18.5 Å². The van der Waals surface area contributed by atoms with Crippen LogP contribution in [0.5, 0.6) is 0 Å². The van der Waals surface area contributed by atoms with Crippen molar-refractivity contribution in [3.63, 3.8) is 0 Å². The van der Waals surface area contributed by atoms with Crippen molar-refractivity contribution in [2.45, 2.75) is 26.3 Å². The smallest absolute Gasteiger partial charge is 0.137 e. The van der Waals surface area contributed by atoms with Gasteiger partial charge in [0.1, 0.15) is 5.82 Å². The molecule has 0 radical (unpaired) electrons. The SMILES string of the molecule is CCNC(c1cccc(CC)c1)c1ccc(Br)c(F)c1. The molecule has 3 heteroatoms. The van der Waals surface area contributed by atoms with E-state index < -0.39 is 0 Å². The maximum Gasteiger partial charge on any atom is 0.137 e. The molecule has 1 unspecified atom stereocenters. The van der Waals surface area contributed by atoms with Gasteiger partial charge in [-0.1, -0.05) is 44.2 Å². The van der Waals surface area contributed by atoms with Gasteiger partial charge in [-0.05, 0) is 57.7 Å². The van der Waals surface area contributed by atoms with Crippen LogP contribution in [0, 0.1) is 5.82 Å². The molecule has 2 aromatic rings. The monoisotopic (exact) mass is 335 g/mol. The van der Waals surface area contributed by atoms with Gasteiger partial charge in [0.2, 0.25) is 0 Å². The minimum absolute atomic E-state index is 0.0223. The standard InChI is InChI=1S/C17H19BrFN/c1-3-12-6-5-7-13(10-12)17(20-4-2)14-8-9-15(18)16(19)11-14/h5-11,17,20H,3-4H2,1-2H3. The minimum Gasteiger partial charge on any atom is -0.307 e. The molecule has 0 amide bonds. The highest BCUT2D eigenvalue weighted by atomic mass is 79.9. The Balaban J connectivity index is 2.41. The molecule has 20 heavy (non-hydrogen) atoms. The van der Waals surface area contributed by atoms with Crippen LogP contribution >= 0.6 is 15.9 Å². The lowest BCUT2D eigenvalue weighted by Gasteiger charge is -2.20. The molecule has 0 saturated carbocycles. The summed E-state index contributed by atoms with van der Waals surface area (Å²) in [4.78, 5) is 0. The van der Waals surface area contributed by atoms with Gasteiger partial charge in [-0.15, -0.1) is 0 Å². The van der Waals surface area contributed by atoms with Gasteiger partial charge in [0.15, 0.2) is 0 Å². The van der Waals surface area contributed by atoms with E-state index in [2.05, 4.69) is 59.4 Å². The molecule has 2 rings (SSSR count). The molecule has 106 valence electrons. The Bertz CT molecular complexity index is 583. The molecule has 0 spiro atoms. The zero-order valence-corrected chi connectivity index (χ0v) is 13.4. The topological polar surface area (TPSA) is 12.0 Å².